The van der Waals surface area contributed by atoms with E-state index in [1.165, 1.54) is 0 Å². The molecule has 22 heavy (non-hydrogen) atoms. The van der Waals surface area contributed by atoms with Crippen molar-refractivity contribution in [1.29, 1.82) is 0 Å². The van der Waals surface area contributed by atoms with Gasteiger partial charge in [-0.3, -0.25) is 9.59 Å². The number of fused-ring (bicyclic) bond motifs is 1. The summed E-state index contributed by atoms with van der Waals surface area (Å²) in [6.07, 6.45) is 2.69. The summed E-state index contributed by atoms with van der Waals surface area (Å²) >= 11 is 0. The van der Waals surface area contributed by atoms with Crippen LogP contribution in [0.25, 0.3) is 10.8 Å². The number of aliphatic carboxylic acids is 1. The second kappa shape index (κ2) is 5.56. The van der Waals surface area contributed by atoms with Crippen molar-refractivity contribution in [3.63, 3.8) is 0 Å². The minimum Gasteiger partial charge on any atom is -0.480 e. The maximum absolute atomic E-state index is 12.9. The van der Waals surface area contributed by atoms with Crippen molar-refractivity contribution in [2.45, 2.75) is 38.0 Å². The molecule has 3 rings (SSSR count). The highest BCUT2D eigenvalue weighted by molar-refractivity contribution is 6.11. The standard InChI is InChI=1S/C19H20O3/c1-2-13-8-5-11-19(17(13)20,18(21)22)16-10-9-14-6-3-4-7-15(14)12-16/h3-4,6-7,9-10,12-13H,2,5,8,11H2,1H3,(H,21,22). The zero-order valence-corrected chi connectivity index (χ0v) is 12.7. The number of hydrogen-bond donors (Lipinski definition) is 1. The van der Waals surface area contributed by atoms with Crippen LogP contribution in [0, 0.1) is 5.92 Å². The summed E-state index contributed by atoms with van der Waals surface area (Å²) in [7, 11) is 0. The molecule has 1 aliphatic carbocycles. The minimum atomic E-state index is -1.37. The van der Waals surface area contributed by atoms with Gasteiger partial charge in [-0.05, 0) is 41.7 Å². The third-order valence-electron chi connectivity index (χ3n) is 5.00. The lowest BCUT2D eigenvalue weighted by atomic mass is 9.64. The molecule has 114 valence electrons. The molecule has 0 heterocycles. The van der Waals surface area contributed by atoms with E-state index in [2.05, 4.69) is 0 Å². The summed E-state index contributed by atoms with van der Waals surface area (Å²) in [6.45, 7) is 1.96. The summed E-state index contributed by atoms with van der Waals surface area (Å²) in [6, 6.07) is 13.4. The van der Waals surface area contributed by atoms with E-state index < -0.39 is 11.4 Å². The molecule has 1 fully saturated rings. The van der Waals surface area contributed by atoms with Crippen LogP contribution in [-0.4, -0.2) is 16.9 Å². The Morgan fingerprint density at radius 3 is 2.64 bits per heavy atom. The summed E-state index contributed by atoms with van der Waals surface area (Å²) in [5.74, 6) is -1.27. The molecule has 0 amide bonds. The SMILES string of the molecule is CCC1CCCC(C(=O)O)(c2ccc3ccccc3c2)C1=O. The zero-order chi connectivity index (χ0) is 15.7. The van der Waals surface area contributed by atoms with Crippen LogP contribution in [0.2, 0.25) is 0 Å². The first-order valence-corrected chi connectivity index (χ1v) is 7.86. The van der Waals surface area contributed by atoms with E-state index in [1.807, 2.05) is 49.4 Å². The number of benzene rings is 2. The van der Waals surface area contributed by atoms with E-state index in [0.29, 0.717) is 18.4 Å². The van der Waals surface area contributed by atoms with Gasteiger partial charge in [0.25, 0.3) is 0 Å². The Morgan fingerprint density at radius 2 is 1.95 bits per heavy atom. The predicted molar refractivity (Wildman–Crippen MR) is 85.9 cm³/mol. The van der Waals surface area contributed by atoms with Gasteiger partial charge >= 0.3 is 5.97 Å². The largest absolute Gasteiger partial charge is 0.480 e. The summed E-state index contributed by atoms with van der Waals surface area (Å²) in [4.78, 5) is 24.9. The lowest BCUT2D eigenvalue weighted by molar-refractivity contribution is -0.152. The van der Waals surface area contributed by atoms with Gasteiger partial charge in [-0.15, -0.1) is 0 Å². The average Bonchev–Trinajstić information content (AvgIpc) is 2.54. The van der Waals surface area contributed by atoms with Crippen LogP contribution in [0.15, 0.2) is 42.5 Å². The van der Waals surface area contributed by atoms with Gasteiger partial charge in [0.15, 0.2) is 11.2 Å². The molecule has 3 nitrogen and oxygen atoms in total. The van der Waals surface area contributed by atoms with Gasteiger partial charge in [0.05, 0.1) is 0 Å². The highest BCUT2D eigenvalue weighted by Crippen LogP contribution is 2.41. The maximum Gasteiger partial charge on any atom is 0.321 e. The van der Waals surface area contributed by atoms with Crippen molar-refractivity contribution < 1.29 is 14.7 Å². The van der Waals surface area contributed by atoms with Crippen molar-refractivity contribution in [2.75, 3.05) is 0 Å². The molecule has 0 saturated heterocycles. The second-order valence-corrected chi connectivity index (χ2v) is 6.13. The lowest BCUT2D eigenvalue weighted by Gasteiger charge is -2.36. The molecule has 0 radical (unpaired) electrons. The Hall–Kier alpha value is -2.16. The Morgan fingerprint density at radius 1 is 1.23 bits per heavy atom. The molecule has 0 aliphatic heterocycles. The van der Waals surface area contributed by atoms with Gasteiger partial charge in [0.2, 0.25) is 0 Å². The lowest BCUT2D eigenvalue weighted by Crippen LogP contribution is -2.49. The molecule has 3 heteroatoms. The third-order valence-corrected chi connectivity index (χ3v) is 5.00. The Labute approximate surface area is 130 Å². The zero-order valence-electron chi connectivity index (χ0n) is 12.7. The highest BCUT2D eigenvalue weighted by Gasteiger charge is 2.51. The van der Waals surface area contributed by atoms with Gasteiger partial charge in [-0.25, -0.2) is 0 Å². The van der Waals surface area contributed by atoms with Crippen molar-refractivity contribution in [1.82, 2.24) is 0 Å². The molecule has 0 bridgehead atoms. The Bertz CT molecular complexity index is 734. The van der Waals surface area contributed by atoms with Crippen LogP contribution in [0.4, 0.5) is 0 Å². The summed E-state index contributed by atoms with van der Waals surface area (Å²) in [5, 5.41) is 11.9. The number of carbonyl (C=O) groups is 2. The Balaban J connectivity index is 2.17. The fourth-order valence-electron chi connectivity index (χ4n) is 3.68. The number of carboxylic acid groups (broad SMARTS) is 1. The molecule has 1 aliphatic rings. The van der Waals surface area contributed by atoms with Gasteiger partial charge in [0, 0.05) is 5.92 Å². The monoisotopic (exact) mass is 296 g/mol. The maximum atomic E-state index is 12.9. The number of carboxylic acids is 1. The second-order valence-electron chi connectivity index (χ2n) is 6.13. The van der Waals surface area contributed by atoms with Crippen molar-refractivity contribution in [2.24, 2.45) is 5.92 Å². The predicted octanol–water partition coefficient (Wildman–Crippen LogP) is 3.94. The van der Waals surface area contributed by atoms with E-state index in [1.54, 1.807) is 0 Å². The van der Waals surface area contributed by atoms with E-state index in [-0.39, 0.29) is 11.7 Å². The van der Waals surface area contributed by atoms with Crippen molar-refractivity contribution in [3.05, 3.63) is 48.0 Å². The average molecular weight is 296 g/mol. The molecule has 2 unspecified atom stereocenters. The normalized spacial score (nSPS) is 25.3. The van der Waals surface area contributed by atoms with Crippen molar-refractivity contribution >= 4 is 22.5 Å². The Kier molecular flexibility index (Phi) is 3.73. The number of carbonyl (C=O) groups excluding carboxylic acids is 1. The topological polar surface area (TPSA) is 54.4 Å². The summed E-state index contributed by atoms with van der Waals surface area (Å²) in [5.41, 5.74) is -0.745. The van der Waals surface area contributed by atoms with Crippen molar-refractivity contribution in [3.8, 4) is 0 Å². The van der Waals surface area contributed by atoms with Gasteiger partial charge < -0.3 is 5.11 Å². The molecule has 2 aromatic carbocycles. The fourth-order valence-corrected chi connectivity index (χ4v) is 3.68. The number of hydrogen-bond acceptors (Lipinski definition) is 2. The molecule has 1 saturated carbocycles. The van der Waals surface area contributed by atoms with E-state index in [0.717, 1.165) is 23.6 Å². The molecule has 0 aromatic heterocycles. The minimum absolute atomic E-state index is 0.121. The number of rotatable bonds is 3. The van der Waals surface area contributed by atoms with Crippen LogP contribution in [0.3, 0.4) is 0 Å². The first kappa shape index (κ1) is 14.8. The van der Waals surface area contributed by atoms with Crippen LogP contribution in [-0.2, 0) is 15.0 Å². The van der Waals surface area contributed by atoms with Crippen LogP contribution in [0.1, 0.15) is 38.2 Å². The van der Waals surface area contributed by atoms with Gasteiger partial charge in [0.1, 0.15) is 0 Å². The first-order valence-electron chi connectivity index (χ1n) is 7.86. The fraction of sp³-hybridized carbons (Fsp3) is 0.368. The molecule has 1 N–H and O–H groups in total. The first-order chi connectivity index (χ1) is 10.6. The molecular formula is C19H20O3. The van der Waals surface area contributed by atoms with E-state index in [4.69, 9.17) is 0 Å². The van der Waals surface area contributed by atoms with Crippen LogP contribution in [0.5, 0.6) is 0 Å². The number of ketones is 1. The highest BCUT2D eigenvalue weighted by atomic mass is 16.4. The smallest absolute Gasteiger partial charge is 0.321 e. The summed E-state index contributed by atoms with van der Waals surface area (Å²) < 4.78 is 0. The molecular weight excluding hydrogens is 276 g/mol. The van der Waals surface area contributed by atoms with Crippen LogP contribution < -0.4 is 0 Å². The van der Waals surface area contributed by atoms with Gasteiger partial charge in [-0.1, -0.05) is 49.7 Å². The van der Waals surface area contributed by atoms with Crippen LogP contribution >= 0.6 is 0 Å². The van der Waals surface area contributed by atoms with E-state index in [9.17, 15) is 14.7 Å². The number of Topliss-reactive ketones (excluding diaryl/α,β-unsaturated/α-hetero) is 1. The third kappa shape index (κ3) is 2.12. The molecule has 0 spiro atoms. The molecule has 2 atom stereocenters. The molecule has 2 aromatic rings. The van der Waals surface area contributed by atoms with Gasteiger partial charge in [-0.2, -0.15) is 0 Å². The van der Waals surface area contributed by atoms with E-state index >= 15 is 0 Å². The quantitative estimate of drug-likeness (QED) is 0.873.